The fourth-order valence-corrected chi connectivity index (χ4v) is 2.89. The lowest BCUT2D eigenvalue weighted by molar-refractivity contribution is 0.352. The second kappa shape index (κ2) is 5.50. The normalized spacial score (nSPS) is 17.6. The van der Waals surface area contributed by atoms with E-state index in [9.17, 15) is 0 Å². The molecule has 0 saturated heterocycles. The summed E-state index contributed by atoms with van der Waals surface area (Å²) in [6.07, 6.45) is 6.57. The van der Waals surface area contributed by atoms with E-state index in [2.05, 4.69) is 5.32 Å². The SMILES string of the molecule is Clc1cc2c(c(CNCCCC3CC3)c1)OCC2. The molecule has 0 unspecified atom stereocenters. The second-order valence-corrected chi connectivity index (χ2v) is 5.85. The first-order chi connectivity index (χ1) is 8.83. The molecule has 18 heavy (non-hydrogen) atoms. The van der Waals surface area contributed by atoms with Crippen LogP contribution in [0.15, 0.2) is 12.1 Å². The smallest absolute Gasteiger partial charge is 0.127 e. The van der Waals surface area contributed by atoms with Gasteiger partial charge in [0.2, 0.25) is 0 Å². The highest BCUT2D eigenvalue weighted by Gasteiger charge is 2.20. The highest BCUT2D eigenvalue weighted by molar-refractivity contribution is 6.30. The van der Waals surface area contributed by atoms with Gasteiger partial charge in [-0.3, -0.25) is 0 Å². The number of halogens is 1. The van der Waals surface area contributed by atoms with Crippen LogP contribution in [0.25, 0.3) is 0 Å². The summed E-state index contributed by atoms with van der Waals surface area (Å²) in [6, 6.07) is 4.06. The molecule has 1 fully saturated rings. The van der Waals surface area contributed by atoms with Crippen molar-refractivity contribution < 1.29 is 4.74 Å². The molecule has 2 aliphatic rings. The largest absolute Gasteiger partial charge is 0.493 e. The molecule has 2 nitrogen and oxygen atoms in total. The standard InChI is InChI=1S/C15H20ClNO/c16-14-8-12-5-7-18-15(12)13(9-14)10-17-6-1-2-11-3-4-11/h8-9,11,17H,1-7,10H2. The van der Waals surface area contributed by atoms with Crippen molar-refractivity contribution in [2.75, 3.05) is 13.2 Å². The Morgan fingerprint density at radius 1 is 1.33 bits per heavy atom. The quantitative estimate of drug-likeness (QED) is 0.794. The number of benzene rings is 1. The highest BCUT2D eigenvalue weighted by Crippen LogP contribution is 2.34. The van der Waals surface area contributed by atoms with Crippen molar-refractivity contribution in [3.8, 4) is 5.75 Å². The molecule has 1 heterocycles. The third-order valence-corrected chi connectivity index (χ3v) is 4.02. The number of hydrogen-bond donors (Lipinski definition) is 1. The molecule has 0 bridgehead atoms. The van der Waals surface area contributed by atoms with Crippen molar-refractivity contribution in [1.29, 1.82) is 0 Å². The molecule has 0 aromatic heterocycles. The Balaban J connectivity index is 1.52. The van der Waals surface area contributed by atoms with Crippen molar-refractivity contribution in [1.82, 2.24) is 5.32 Å². The Kier molecular flexibility index (Phi) is 3.76. The topological polar surface area (TPSA) is 21.3 Å². The van der Waals surface area contributed by atoms with Crippen LogP contribution in [0, 0.1) is 5.92 Å². The summed E-state index contributed by atoms with van der Waals surface area (Å²) in [4.78, 5) is 0. The average Bonchev–Trinajstić information content (AvgIpc) is 3.05. The van der Waals surface area contributed by atoms with Gasteiger partial charge in [0.1, 0.15) is 5.75 Å². The minimum atomic E-state index is 0.796. The first-order valence-corrected chi connectivity index (χ1v) is 7.35. The van der Waals surface area contributed by atoms with Crippen molar-refractivity contribution in [2.24, 2.45) is 5.92 Å². The molecule has 98 valence electrons. The van der Waals surface area contributed by atoms with Crippen LogP contribution >= 0.6 is 11.6 Å². The van der Waals surface area contributed by atoms with Gasteiger partial charge in [-0.1, -0.05) is 24.4 Å². The van der Waals surface area contributed by atoms with Crippen LogP contribution < -0.4 is 10.1 Å². The summed E-state index contributed by atoms with van der Waals surface area (Å²) in [5.74, 6) is 2.10. The van der Waals surface area contributed by atoms with Gasteiger partial charge in [0.15, 0.2) is 0 Å². The second-order valence-electron chi connectivity index (χ2n) is 5.41. The van der Waals surface area contributed by atoms with Gasteiger partial charge in [-0.25, -0.2) is 0 Å². The van der Waals surface area contributed by atoms with Gasteiger partial charge in [-0.2, -0.15) is 0 Å². The predicted octanol–water partition coefficient (Wildman–Crippen LogP) is 3.55. The van der Waals surface area contributed by atoms with Crippen LogP contribution in [0.3, 0.4) is 0 Å². The molecule has 1 aromatic carbocycles. The van der Waals surface area contributed by atoms with Gasteiger partial charge in [-0.15, -0.1) is 0 Å². The van der Waals surface area contributed by atoms with Crippen LogP contribution in [0.4, 0.5) is 0 Å². The van der Waals surface area contributed by atoms with Crippen LogP contribution in [0.1, 0.15) is 36.8 Å². The lowest BCUT2D eigenvalue weighted by Crippen LogP contribution is -2.15. The van der Waals surface area contributed by atoms with E-state index >= 15 is 0 Å². The maximum Gasteiger partial charge on any atom is 0.127 e. The van der Waals surface area contributed by atoms with Gasteiger partial charge >= 0.3 is 0 Å². The van der Waals surface area contributed by atoms with E-state index in [0.717, 1.165) is 42.8 Å². The zero-order chi connectivity index (χ0) is 12.4. The van der Waals surface area contributed by atoms with E-state index < -0.39 is 0 Å². The van der Waals surface area contributed by atoms with Crippen LogP contribution in [0.2, 0.25) is 5.02 Å². The molecule has 0 atom stereocenters. The van der Waals surface area contributed by atoms with E-state index in [1.54, 1.807) is 0 Å². The summed E-state index contributed by atoms with van der Waals surface area (Å²) < 4.78 is 5.69. The molecular formula is C15H20ClNO. The molecule has 0 spiro atoms. The molecule has 1 aromatic rings. The Hall–Kier alpha value is -0.730. The first kappa shape index (κ1) is 12.3. The van der Waals surface area contributed by atoms with Gasteiger partial charge in [0, 0.05) is 23.6 Å². The molecular weight excluding hydrogens is 246 g/mol. The molecule has 1 aliphatic carbocycles. The summed E-state index contributed by atoms with van der Waals surface area (Å²) >= 11 is 6.14. The van der Waals surface area contributed by atoms with E-state index in [4.69, 9.17) is 16.3 Å². The Bertz CT molecular complexity index is 429. The Labute approximate surface area is 114 Å². The van der Waals surface area contributed by atoms with Gasteiger partial charge in [0.05, 0.1) is 6.61 Å². The van der Waals surface area contributed by atoms with E-state index in [-0.39, 0.29) is 0 Å². The lowest BCUT2D eigenvalue weighted by Gasteiger charge is -2.10. The third-order valence-electron chi connectivity index (χ3n) is 3.80. The monoisotopic (exact) mass is 265 g/mol. The zero-order valence-corrected chi connectivity index (χ0v) is 11.4. The maximum atomic E-state index is 6.14. The fourth-order valence-electron chi connectivity index (χ4n) is 2.62. The minimum absolute atomic E-state index is 0.796. The Morgan fingerprint density at radius 3 is 3.06 bits per heavy atom. The van der Waals surface area contributed by atoms with E-state index in [1.165, 1.54) is 36.8 Å². The highest BCUT2D eigenvalue weighted by atomic mass is 35.5. The maximum absolute atomic E-state index is 6.14. The summed E-state index contributed by atoms with van der Waals surface area (Å²) in [5.41, 5.74) is 2.47. The molecule has 3 rings (SSSR count). The molecule has 3 heteroatoms. The summed E-state index contributed by atoms with van der Waals surface area (Å²) in [7, 11) is 0. The predicted molar refractivity (Wildman–Crippen MR) is 74.3 cm³/mol. The lowest BCUT2D eigenvalue weighted by atomic mass is 10.1. The van der Waals surface area contributed by atoms with Crippen LogP contribution in [-0.2, 0) is 13.0 Å². The number of rotatable bonds is 6. The Morgan fingerprint density at radius 2 is 2.22 bits per heavy atom. The summed E-state index contributed by atoms with van der Waals surface area (Å²) in [5, 5.41) is 4.33. The van der Waals surface area contributed by atoms with Crippen molar-refractivity contribution in [3.63, 3.8) is 0 Å². The van der Waals surface area contributed by atoms with Gasteiger partial charge < -0.3 is 10.1 Å². The van der Waals surface area contributed by atoms with E-state index in [0.29, 0.717) is 0 Å². The minimum Gasteiger partial charge on any atom is -0.493 e. The van der Waals surface area contributed by atoms with Crippen LogP contribution in [-0.4, -0.2) is 13.2 Å². The number of fused-ring (bicyclic) bond motifs is 1. The zero-order valence-electron chi connectivity index (χ0n) is 10.7. The number of nitrogens with one attached hydrogen (secondary N) is 1. The van der Waals surface area contributed by atoms with Crippen molar-refractivity contribution in [3.05, 3.63) is 28.3 Å². The molecule has 0 amide bonds. The summed E-state index contributed by atoms with van der Waals surface area (Å²) in [6.45, 7) is 2.76. The van der Waals surface area contributed by atoms with Gasteiger partial charge in [0.25, 0.3) is 0 Å². The molecule has 1 saturated carbocycles. The molecule has 0 radical (unpaired) electrons. The van der Waals surface area contributed by atoms with Crippen molar-refractivity contribution in [2.45, 2.75) is 38.6 Å². The molecule has 1 N–H and O–H groups in total. The van der Waals surface area contributed by atoms with Crippen molar-refractivity contribution >= 4 is 11.6 Å². The average molecular weight is 266 g/mol. The first-order valence-electron chi connectivity index (χ1n) is 6.98. The van der Waals surface area contributed by atoms with Gasteiger partial charge in [-0.05, 0) is 43.0 Å². The number of hydrogen-bond acceptors (Lipinski definition) is 2. The molecule has 1 aliphatic heterocycles. The van der Waals surface area contributed by atoms with E-state index in [1.807, 2.05) is 12.1 Å². The number of ether oxygens (including phenoxy) is 1. The fraction of sp³-hybridized carbons (Fsp3) is 0.600. The third kappa shape index (κ3) is 2.99. The van der Waals surface area contributed by atoms with Crippen LogP contribution in [0.5, 0.6) is 5.75 Å².